The predicted molar refractivity (Wildman–Crippen MR) is 91.6 cm³/mol. The molecule has 1 heterocycles. The van der Waals surface area contributed by atoms with Gasteiger partial charge in [0.15, 0.2) is 0 Å². The molecule has 0 saturated carbocycles. The molecule has 0 atom stereocenters. The molecule has 0 amide bonds. The molecule has 1 saturated heterocycles. The van der Waals surface area contributed by atoms with Crippen molar-refractivity contribution in [1.29, 1.82) is 0 Å². The van der Waals surface area contributed by atoms with E-state index in [0.717, 1.165) is 18.8 Å². The fraction of sp³-hybridized carbons (Fsp3) is 0.368. The number of hydrogen-bond donors (Lipinski definition) is 1. The van der Waals surface area contributed by atoms with Gasteiger partial charge in [-0.15, -0.1) is 0 Å². The fourth-order valence-electron chi connectivity index (χ4n) is 3.50. The molecule has 0 unspecified atom stereocenters. The van der Waals surface area contributed by atoms with E-state index in [1.165, 1.54) is 24.0 Å². The zero-order chi connectivity index (χ0) is 15.7. The molecule has 2 aromatic rings. The molecule has 2 aromatic carbocycles. The summed E-state index contributed by atoms with van der Waals surface area (Å²) >= 11 is 6.06. The number of hydrogen-bond acceptors (Lipinski definition) is 3. The highest BCUT2D eigenvalue weighted by molar-refractivity contribution is 6.32. The third-order valence-electron chi connectivity index (χ3n) is 4.75. The molecule has 0 radical (unpaired) electrons. The van der Waals surface area contributed by atoms with Crippen LogP contribution in [0.3, 0.4) is 0 Å². The van der Waals surface area contributed by atoms with Crippen LogP contribution in [0.15, 0.2) is 42.5 Å². The summed E-state index contributed by atoms with van der Waals surface area (Å²) in [5.41, 5.74) is 3.40. The van der Waals surface area contributed by atoms with Crippen molar-refractivity contribution in [3.63, 3.8) is 0 Å². The lowest BCUT2D eigenvalue weighted by molar-refractivity contribution is 0.183. The second-order valence-electron chi connectivity index (χ2n) is 6.51. The van der Waals surface area contributed by atoms with E-state index >= 15 is 0 Å². The van der Waals surface area contributed by atoms with Crippen LogP contribution in [0.1, 0.15) is 11.1 Å². The van der Waals surface area contributed by atoms with Gasteiger partial charge in [0.25, 0.3) is 0 Å². The van der Waals surface area contributed by atoms with Crippen molar-refractivity contribution < 1.29 is 9.47 Å². The van der Waals surface area contributed by atoms with Crippen LogP contribution >= 0.6 is 11.6 Å². The summed E-state index contributed by atoms with van der Waals surface area (Å²) in [6, 6.07) is 14.0. The first-order valence-electron chi connectivity index (χ1n) is 8.07. The van der Waals surface area contributed by atoms with E-state index in [4.69, 9.17) is 21.1 Å². The molecular weight excluding hydrogens is 310 g/mol. The Morgan fingerprint density at radius 3 is 2.52 bits per heavy atom. The van der Waals surface area contributed by atoms with Crippen molar-refractivity contribution in [2.45, 2.75) is 12.8 Å². The Morgan fingerprint density at radius 2 is 1.74 bits per heavy atom. The molecule has 1 aliphatic carbocycles. The Kier molecular flexibility index (Phi) is 3.92. The minimum atomic E-state index is 0.480. The number of rotatable bonds is 5. The predicted octanol–water partition coefficient (Wildman–Crippen LogP) is 3.49. The first kappa shape index (κ1) is 14.9. The van der Waals surface area contributed by atoms with Crippen LogP contribution in [0, 0.1) is 5.41 Å². The number of ether oxygens (including phenoxy) is 2. The fourth-order valence-corrected chi connectivity index (χ4v) is 3.69. The van der Waals surface area contributed by atoms with Gasteiger partial charge in [0.2, 0.25) is 0 Å². The van der Waals surface area contributed by atoms with E-state index in [1.807, 2.05) is 24.3 Å². The van der Waals surface area contributed by atoms with Crippen LogP contribution < -0.4 is 14.8 Å². The van der Waals surface area contributed by atoms with Gasteiger partial charge in [0, 0.05) is 18.5 Å². The molecule has 23 heavy (non-hydrogen) atoms. The smallest absolute Gasteiger partial charge is 0.138 e. The summed E-state index contributed by atoms with van der Waals surface area (Å²) in [6.07, 6.45) is 2.37. The lowest BCUT2D eigenvalue weighted by Gasteiger charge is -2.39. The topological polar surface area (TPSA) is 30.5 Å². The molecule has 0 aromatic heterocycles. The average molecular weight is 330 g/mol. The van der Waals surface area contributed by atoms with Crippen LogP contribution in [0.2, 0.25) is 5.02 Å². The molecule has 1 fully saturated rings. The highest BCUT2D eigenvalue weighted by Crippen LogP contribution is 2.40. The van der Waals surface area contributed by atoms with Crippen molar-refractivity contribution in [1.82, 2.24) is 5.32 Å². The van der Waals surface area contributed by atoms with Crippen LogP contribution in [0.4, 0.5) is 0 Å². The molecular formula is C19H20ClNO2. The van der Waals surface area contributed by atoms with E-state index < -0.39 is 0 Å². The highest BCUT2D eigenvalue weighted by atomic mass is 35.5. The van der Waals surface area contributed by atoms with E-state index in [1.54, 1.807) is 0 Å². The normalized spacial score (nSPS) is 17.6. The zero-order valence-corrected chi connectivity index (χ0v) is 13.7. The largest absolute Gasteiger partial charge is 0.490 e. The Labute approximate surface area is 141 Å². The standard InChI is InChI=1S/C19H20ClNO2/c20-17-3-1-2-4-18(17)23-8-7-22-16-6-5-14-10-19(12-21-13-19)11-15(14)9-16/h1-6,9,21H,7-8,10-13H2. The van der Waals surface area contributed by atoms with Gasteiger partial charge >= 0.3 is 0 Å². The molecule has 2 aliphatic rings. The van der Waals surface area contributed by atoms with Gasteiger partial charge in [-0.05, 0) is 48.2 Å². The second-order valence-corrected chi connectivity index (χ2v) is 6.92. The third-order valence-corrected chi connectivity index (χ3v) is 5.07. The molecule has 1 N–H and O–H groups in total. The Bertz CT molecular complexity index is 712. The van der Waals surface area contributed by atoms with E-state index in [2.05, 4.69) is 23.5 Å². The summed E-state index contributed by atoms with van der Waals surface area (Å²) in [6.45, 7) is 3.28. The first-order valence-corrected chi connectivity index (χ1v) is 8.45. The van der Waals surface area contributed by atoms with Crippen LogP contribution in [-0.4, -0.2) is 26.3 Å². The van der Waals surface area contributed by atoms with Crippen LogP contribution in [0.5, 0.6) is 11.5 Å². The maximum absolute atomic E-state index is 6.06. The number of fused-ring (bicyclic) bond motifs is 1. The maximum Gasteiger partial charge on any atom is 0.138 e. The summed E-state index contributed by atoms with van der Waals surface area (Å²) in [5.74, 6) is 1.63. The minimum Gasteiger partial charge on any atom is -0.490 e. The molecule has 1 aliphatic heterocycles. The summed E-state index contributed by atoms with van der Waals surface area (Å²) in [7, 11) is 0. The Hall–Kier alpha value is -1.71. The SMILES string of the molecule is Clc1ccccc1OCCOc1ccc2c(c1)CC1(CNC1)C2. The van der Waals surface area contributed by atoms with Gasteiger partial charge in [-0.2, -0.15) is 0 Å². The molecule has 4 rings (SSSR count). The van der Waals surface area contributed by atoms with Crippen molar-refractivity contribution in [3.8, 4) is 11.5 Å². The Morgan fingerprint density at radius 1 is 0.957 bits per heavy atom. The van der Waals surface area contributed by atoms with Gasteiger partial charge in [0.05, 0.1) is 5.02 Å². The van der Waals surface area contributed by atoms with Crippen molar-refractivity contribution in [2.24, 2.45) is 5.41 Å². The average Bonchev–Trinajstić information content (AvgIpc) is 2.92. The van der Waals surface area contributed by atoms with Gasteiger partial charge in [-0.3, -0.25) is 0 Å². The molecule has 4 heteroatoms. The summed E-state index contributed by atoms with van der Waals surface area (Å²) < 4.78 is 11.5. The number of benzene rings is 2. The number of para-hydroxylation sites is 1. The maximum atomic E-state index is 6.06. The van der Waals surface area contributed by atoms with E-state index in [9.17, 15) is 0 Å². The molecule has 120 valence electrons. The van der Waals surface area contributed by atoms with Crippen LogP contribution in [0.25, 0.3) is 0 Å². The third kappa shape index (κ3) is 3.04. The number of nitrogens with one attached hydrogen (secondary N) is 1. The molecule has 0 bridgehead atoms. The number of halogens is 1. The van der Waals surface area contributed by atoms with Gasteiger partial charge in [0.1, 0.15) is 24.7 Å². The first-order chi connectivity index (χ1) is 11.2. The lowest BCUT2D eigenvalue weighted by atomic mass is 9.79. The summed E-state index contributed by atoms with van der Waals surface area (Å²) in [4.78, 5) is 0. The van der Waals surface area contributed by atoms with Gasteiger partial charge in [-0.25, -0.2) is 0 Å². The monoisotopic (exact) mass is 329 g/mol. The van der Waals surface area contributed by atoms with E-state index in [-0.39, 0.29) is 0 Å². The van der Waals surface area contributed by atoms with Crippen molar-refractivity contribution in [3.05, 3.63) is 58.6 Å². The van der Waals surface area contributed by atoms with Crippen LogP contribution in [-0.2, 0) is 12.8 Å². The van der Waals surface area contributed by atoms with Gasteiger partial charge < -0.3 is 14.8 Å². The molecule has 3 nitrogen and oxygen atoms in total. The van der Waals surface area contributed by atoms with Crippen molar-refractivity contribution >= 4 is 11.6 Å². The quantitative estimate of drug-likeness (QED) is 0.852. The van der Waals surface area contributed by atoms with E-state index in [0.29, 0.717) is 29.4 Å². The Balaban J connectivity index is 1.31. The highest BCUT2D eigenvalue weighted by Gasteiger charge is 2.42. The summed E-state index contributed by atoms with van der Waals surface area (Å²) in [5, 5.41) is 4.03. The van der Waals surface area contributed by atoms with Crippen molar-refractivity contribution in [2.75, 3.05) is 26.3 Å². The second kappa shape index (κ2) is 6.06. The minimum absolute atomic E-state index is 0.480. The zero-order valence-electron chi connectivity index (χ0n) is 13.0. The lowest BCUT2D eigenvalue weighted by Crippen LogP contribution is -2.53. The van der Waals surface area contributed by atoms with Gasteiger partial charge in [-0.1, -0.05) is 29.8 Å². The molecule has 1 spiro atoms.